The van der Waals surface area contributed by atoms with E-state index in [9.17, 15) is 24.3 Å². The molecule has 40 heavy (non-hydrogen) atoms. The Morgan fingerprint density at radius 2 is 1.70 bits per heavy atom. The van der Waals surface area contributed by atoms with Crippen LogP contribution < -0.4 is 4.90 Å². The summed E-state index contributed by atoms with van der Waals surface area (Å²) in [6, 6.07) is 11.7. The molecule has 6 unspecified atom stereocenters. The summed E-state index contributed by atoms with van der Waals surface area (Å²) in [7, 11) is 0. The number of phenols is 1. The average molecular weight is 667 g/mol. The molecule has 2 aliphatic heterocycles. The number of phenolic OH excluding ortho intramolecular Hbond substituents is 1. The Morgan fingerprint density at radius 3 is 2.35 bits per heavy atom. The number of rotatable bonds is 4. The quantitative estimate of drug-likeness (QED) is 0.201. The first kappa shape index (κ1) is 27.8. The standard InChI is InChI=1S/C29H24BrCl3N2O5/c1-2-14-3-6-16(7-4-14)35-24(37)18-9-8-17-20(22(18)25(35)38)12-28(32)26(39)34(13-30)27(40)29(28,33)23(17)19-11-15(31)5-10-21(19)36/h3-8,10-11,18,20,22-23,36H,2,9,12-13H2,1H3. The molecule has 2 aromatic rings. The Balaban J connectivity index is 1.51. The van der Waals surface area contributed by atoms with Crippen LogP contribution in [-0.2, 0) is 25.6 Å². The molecule has 7 nitrogen and oxygen atoms in total. The maximum absolute atomic E-state index is 14.0. The number of alkyl halides is 3. The number of imide groups is 2. The van der Waals surface area contributed by atoms with E-state index in [-0.39, 0.29) is 46.4 Å². The SMILES string of the molecule is CCc1ccc(N2C(=O)C3CC=C4C(CC5(Cl)C(=O)N(CBr)C(=O)C5(Cl)C4c4cc(Cl)ccc4O)C3C2=O)cc1. The van der Waals surface area contributed by atoms with Gasteiger partial charge < -0.3 is 5.11 Å². The minimum Gasteiger partial charge on any atom is -0.508 e. The molecule has 0 spiro atoms. The van der Waals surface area contributed by atoms with Crippen LogP contribution in [0.3, 0.4) is 0 Å². The van der Waals surface area contributed by atoms with Crippen molar-refractivity contribution >= 4 is 80.0 Å². The summed E-state index contributed by atoms with van der Waals surface area (Å²) >= 11 is 23.9. The number of allylic oxidation sites excluding steroid dienone is 2. The van der Waals surface area contributed by atoms with Gasteiger partial charge in [-0.15, -0.1) is 23.2 Å². The average Bonchev–Trinajstić information content (AvgIpc) is 3.28. The summed E-state index contributed by atoms with van der Waals surface area (Å²) < 4.78 is 0. The van der Waals surface area contributed by atoms with Crippen molar-refractivity contribution in [2.45, 2.75) is 41.9 Å². The summed E-state index contributed by atoms with van der Waals surface area (Å²) in [6.07, 6.45) is 2.74. The number of carbonyl (C=O) groups is 4. The molecular weight excluding hydrogens is 643 g/mol. The molecule has 2 aliphatic carbocycles. The van der Waals surface area contributed by atoms with Gasteiger partial charge in [-0.3, -0.25) is 29.0 Å². The van der Waals surface area contributed by atoms with Crippen LogP contribution in [0.2, 0.25) is 5.02 Å². The zero-order valence-electron chi connectivity index (χ0n) is 21.2. The number of hydrogen-bond donors (Lipinski definition) is 1. The van der Waals surface area contributed by atoms with Gasteiger partial charge in [0.2, 0.25) is 11.8 Å². The molecule has 2 heterocycles. The van der Waals surface area contributed by atoms with Crippen LogP contribution >= 0.6 is 50.7 Å². The van der Waals surface area contributed by atoms with Crippen molar-refractivity contribution < 1.29 is 24.3 Å². The number of anilines is 1. The molecule has 4 aliphatic rings. The molecule has 1 saturated carbocycles. The molecule has 0 radical (unpaired) electrons. The Bertz CT molecular complexity index is 1510. The van der Waals surface area contributed by atoms with Gasteiger partial charge in [-0.1, -0.05) is 58.2 Å². The fourth-order valence-electron chi connectivity index (χ4n) is 6.99. The highest BCUT2D eigenvalue weighted by molar-refractivity contribution is 9.09. The highest BCUT2D eigenvalue weighted by atomic mass is 79.9. The highest BCUT2D eigenvalue weighted by Crippen LogP contribution is 2.66. The number of aryl methyl sites for hydroxylation is 1. The minimum atomic E-state index is -2.00. The van der Waals surface area contributed by atoms with Crippen molar-refractivity contribution in [2.75, 3.05) is 10.4 Å². The first-order valence-corrected chi connectivity index (χ1v) is 15.2. The second-order valence-corrected chi connectivity index (χ2v) is 12.9. The molecular formula is C29H24BrCl3N2O5. The van der Waals surface area contributed by atoms with Crippen LogP contribution in [0.25, 0.3) is 0 Å². The summed E-state index contributed by atoms with van der Waals surface area (Å²) in [5.41, 5.74) is 2.24. The third-order valence-corrected chi connectivity index (χ3v) is 11.1. The van der Waals surface area contributed by atoms with E-state index in [0.717, 1.165) is 16.9 Å². The summed E-state index contributed by atoms with van der Waals surface area (Å²) in [5, 5.41) is 11.2. The van der Waals surface area contributed by atoms with Crippen LogP contribution in [0, 0.1) is 17.8 Å². The van der Waals surface area contributed by atoms with Gasteiger partial charge in [0.05, 0.1) is 23.0 Å². The van der Waals surface area contributed by atoms with E-state index in [1.807, 2.05) is 25.1 Å². The van der Waals surface area contributed by atoms with Crippen molar-refractivity contribution in [1.82, 2.24) is 4.90 Å². The molecule has 11 heteroatoms. The van der Waals surface area contributed by atoms with E-state index in [2.05, 4.69) is 15.9 Å². The molecule has 1 N–H and O–H groups in total. The lowest BCUT2D eigenvalue weighted by Gasteiger charge is -2.50. The van der Waals surface area contributed by atoms with Gasteiger partial charge >= 0.3 is 0 Å². The molecule has 6 atom stereocenters. The van der Waals surface area contributed by atoms with E-state index in [1.54, 1.807) is 12.1 Å². The second kappa shape index (κ2) is 9.58. The number of likely N-dealkylation sites (tertiary alicyclic amines) is 1. The number of hydrogen-bond acceptors (Lipinski definition) is 5. The van der Waals surface area contributed by atoms with Crippen LogP contribution in [0.1, 0.15) is 36.8 Å². The van der Waals surface area contributed by atoms with Crippen molar-refractivity contribution in [3.8, 4) is 5.75 Å². The van der Waals surface area contributed by atoms with E-state index >= 15 is 0 Å². The molecule has 3 fully saturated rings. The highest BCUT2D eigenvalue weighted by Gasteiger charge is 2.76. The maximum Gasteiger partial charge on any atom is 0.254 e. The van der Waals surface area contributed by atoms with Gasteiger partial charge in [0.15, 0.2) is 9.75 Å². The molecule has 6 rings (SSSR count). The van der Waals surface area contributed by atoms with Crippen molar-refractivity contribution in [2.24, 2.45) is 17.8 Å². The van der Waals surface area contributed by atoms with Crippen LogP contribution in [-0.4, -0.2) is 48.8 Å². The molecule has 2 saturated heterocycles. The molecule has 2 aromatic carbocycles. The van der Waals surface area contributed by atoms with Crippen LogP contribution in [0.5, 0.6) is 5.75 Å². The summed E-state index contributed by atoms with van der Waals surface area (Å²) in [6.45, 7) is 2.02. The van der Waals surface area contributed by atoms with E-state index in [1.165, 1.54) is 23.1 Å². The Hall–Kier alpha value is -2.39. The van der Waals surface area contributed by atoms with Gasteiger partial charge in [0, 0.05) is 16.5 Å². The van der Waals surface area contributed by atoms with E-state index in [4.69, 9.17) is 34.8 Å². The predicted octanol–water partition coefficient (Wildman–Crippen LogP) is 5.52. The van der Waals surface area contributed by atoms with Gasteiger partial charge in [0.25, 0.3) is 11.8 Å². The second-order valence-electron chi connectivity index (χ2n) is 10.7. The lowest BCUT2D eigenvalue weighted by molar-refractivity contribution is -0.138. The Morgan fingerprint density at radius 1 is 1.00 bits per heavy atom. The number of amides is 4. The maximum atomic E-state index is 14.0. The van der Waals surface area contributed by atoms with Crippen LogP contribution in [0.15, 0.2) is 54.1 Å². The normalized spacial score (nSPS) is 33.2. The van der Waals surface area contributed by atoms with Gasteiger partial charge in [-0.25, -0.2) is 0 Å². The number of carbonyl (C=O) groups excluding carboxylic acids is 4. The first-order valence-electron chi connectivity index (χ1n) is 12.9. The zero-order chi connectivity index (χ0) is 28.7. The number of fused-ring (bicyclic) bond motifs is 4. The van der Waals surface area contributed by atoms with Crippen molar-refractivity contribution in [3.05, 3.63) is 70.3 Å². The molecule has 0 aromatic heterocycles. The lowest BCUT2D eigenvalue weighted by Crippen LogP contribution is -2.60. The number of nitrogens with zero attached hydrogens (tertiary/aromatic N) is 2. The lowest BCUT2D eigenvalue weighted by atomic mass is 9.56. The third kappa shape index (κ3) is 3.55. The fourth-order valence-corrected chi connectivity index (χ4v) is 8.59. The summed E-state index contributed by atoms with van der Waals surface area (Å²) in [5.74, 6) is -5.53. The first-order chi connectivity index (χ1) is 19.0. The van der Waals surface area contributed by atoms with Gasteiger partial charge in [-0.2, -0.15) is 0 Å². The minimum absolute atomic E-state index is 0.126. The van der Waals surface area contributed by atoms with Gasteiger partial charge in [-0.05, 0) is 61.1 Å². The van der Waals surface area contributed by atoms with Crippen molar-refractivity contribution in [1.29, 1.82) is 0 Å². The predicted molar refractivity (Wildman–Crippen MR) is 155 cm³/mol. The largest absolute Gasteiger partial charge is 0.508 e. The Kier molecular flexibility index (Phi) is 6.65. The number of benzene rings is 2. The molecule has 4 amide bonds. The smallest absolute Gasteiger partial charge is 0.254 e. The van der Waals surface area contributed by atoms with Gasteiger partial charge in [0.1, 0.15) is 5.75 Å². The fraction of sp³-hybridized carbons (Fsp3) is 0.379. The summed E-state index contributed by atoms with van der Waals surface area (Å²) in [4.78, 5) is 53.4. The van der Waals surface area contributed by atoms with E-state index < -0.39 is 45.2 Å². The third-order valence-electron chi connectivity index (χ3n) is 8.92. The van der Waals surface area contributed by atoms with E-state index in [0.29, 0.717) is 11.3 Å². The zero-order valence-corrected chi connectivity index (χ0v) is 25.1. The molecule has 0 bridgehead atoms. The van der Waals surface area contributed by atoms with Crippen LogP contribution in [0.4, 0.5) is 5.69 Å². The molecule has 208 valence electrons. The number of aromatic hydroxyl groups is 1. The Labute approximate surface area is 254 Å². The van der Waals surface area contributed by atoms with Crippen molar-refractivity contribution in [3.63, 3.8) is 0 Å². The monoisotopic (exact) mass is 664 g/mol. The topological polar surface area (TPSA) is 95.0 Å². The number of halogens is 4.